The third-order valence-electron chi connectivity index (χ3n) is 3.20. The summed E-state index contributed by atoms with van der Waals surface area (Å²) in [5, 5.41) is 12.3. The number of nitrogens with one attached hydrogen (secondary N) is 1. The number of hydrogen-bond acceptors (Lipinski definition) is 3. The molecular weight excluding hydrogens is 254 g/mol. The van der Waals surface area contributed by atoms with Gasteiger partial charge in [-0.25, -0.2) is 4.79 Å². The Kier molecular flexibility index (Phi) is 4.85. The maximum atomic E-state index is 11.9. The number of carbonyl (C=O) groups excluding carboxylic acids is 1. The van der Waals surface area contributed by atoms with E-state index in [1.54, 1.807) is 6.08 Å². The summed E-state index contributed by atoms with van der Waals surface area (Å²) in [6.45, 7) is 0.843. The van der Waals surface area contributed by atoms with Crippen molar-refractivity contribution in [2.24, 2.45) is 0 Å². The molecule has 1 aromatic rings. The number of hydrogen-bond donors (Lipinski definition) is 2. The molecule has 1 fully saturated rings. The van der Waals surface area contributed by atoms with Crippen molar-refractivity contribution >= 4 is 17.8 Å². The predicted octanol–water partition coefficient (Wildman–Crippen LogP) is 2.03. The van der Waals surface area contributed by atoms with E-state index >= 15 is 0 Å². The molecule has 4 nitrogen and oxygen atoms in total. The highest BCUT2D eigenvalue weighted by atomic mass is 16.4. The fourth-order valence-electron chi connectivity index (χ4n) is 2.13. The van der Waals surface area contributed by atoms with Crippen molar-refractivity contribution in [3.63, 3.8) is 0 Å². The van der Waals surface area contributed by atoms with Crippen LogP contribution in [0.4, 0.5) is 0 Å². The van der Waals surface area contributed by atoms with Gasteiger partial charge >= 0.3 is 5.97 Å². The molecule has 0 aliphatic carbocycles. The second-order valence-corrected chi connectivity index (χ2v) is 4.70. The molecule has 1 aliphatic heterocycles. The van der Waals surface area contributed by atoms with Gasteiger partial charge in [0.05, 0.1) is 11.6 Å². The molecule has 2 N–H and O–H groups in total. The highest BCUT2D eigenvalue weighted by molar-refractivity contribution is 6.00. The number of ketones is 1. The minimum absolute atomic E-state index is 0.0669. The van der Waals surface area contributed by atoms with E-state index in [0.717, 1.165) is 24.9 Å². The Hall–Kier alpha value is -2.20. The van der Waals surface area contributed by atoms with Crippen LogP contribution in [0.2, 0.25) is 0 Å². The Morgan fingerprint density at radius 1 is 1.20 bits per heavy atom. The lowest BCUT2D eigenvalue weighted by atomic mass is 10.1. The lowest BCUT2D eigenvalue weighted by Crippen LogP contribution is -2.29. The van der Waals surface area contributed by atoms with Gasteiger partial charge in [-0.1, -0.05) is 30.3 Å². The monoisotopic (exact) mass is 271 g/mol. The zero-order valence-electron chi connectivity index (χ0n) is 11.1. The van der Waals surface area contributed by atoms with Gasteiger partial charge in [-0.3, -0.25) is 4.79 Å². The molecule has 0 unspecified atom stereocenters. The van der Waals surface area contributed by atoms with E-state index in [1.807, 2.05) is 30.3 Å². The molecule has 1 saturated heterocycles. The van der Waals surface area contributed by atoms with E-state index < -0.39 is 5.97 Å². The van der Waals surface area contributed by atoms with Gasteiger partial charge in [0.25, 0.3) is 0 Å². The second kappa shape index (κ2) is 6.82. The topological polar surface area (TPSA) is 66.4 Å². The minimum atomic E-state index is -1.04. The molecule has 0 amide bonds. The molecule has 0 spiro atoms. The minimum Gasteiger partial charge on any atom is -0.478 e. The van der Waals surface area contributed by atoms with Crippen molar-refractivity contribution in [1.29, 1.82) is 0 Å². The van der Waals surface area contributed by atoms with E-state index in [1.165, 1.54) is 12.2 Å². The Morgan fingerprint density at radius 2 is 1.95 bits per heavy atom. The van der Waals surface area contributed by atoms with Crippen LogP contribution in [-0.2, 0) is 9.59 Å². The largest absolute Gasteiger partial charge is 0.478 e. The molecule has 104 valence electrons. The summed E-state index contributed by atoms with van der Waals surface area (Å²) in [4.78, 5) is 23.0. The first-order valence-corrected chi connectivity index (χ1v) is 6.62. The average molecular weight is 271 g/mol. The molecule has 20 heavy (non-hydrogen) atoms. The Bertz CT molecular complexity index is 540. The SMILES string of the molecule is O=C(O)C(C=CC(=O)[C@@H]1CCCN1)=Cc1ccccc1. The average Bonchev–Trinajstić information content (AvgIpc) is 2.98. The molecule has 1 aromatic carbocycles. The number of carbonyl (C=O) groups is 2. The van der Waals surface area contributed by atoms with Crippen LogP contribution < -0.4 is 5.32 Å². The summed E-state index contributed by atoms with van der Waals surface area (Å²) >= 11 is 0. The Morgan fingerprint density at radius 3 is 2.55 bits per heavy atom. The van der Waals surface area contributed by atoms with Gasteiger partial charge in [0.15, 0.2) is 5.78 Å². The summed E-state index contributed by atoms with van der Waals surface area (Å²) in [7, 11) is 0. The molecule has 0 aromatic heterocycles. The van der Waals surface area contributed by atoms with E-state index in [4.69, 9.17) is 5.11 Å². The van der Waals surface area contributed by atoms with Crippen molar-refractivity contribution in [2.45, 2.75) is 18.9 Å². The van der Waals surface area contributed by atoms with Gasteiger partial charge in [0, 0.05) is 0 Å². The first-order valence-electron chi connectivity index (χ1n) is 6.62. The molecule has 2 rings (SSSR count). The van der Waals surface area contributed by atoms with Crippen molar-refractivity contribution in [2.75, 3.05) is 6.54 Å². The van der Waals surface area contributed by atoms with Gasteiger partial charge in [-0.2, -0.15) is 0 Å². The molecule has 4 heteroatoms. The Labute approximate surface area is 117 Å². The van der Waals surface area contributed by atoms with Crippen LogP contribution in [0, 0.1) is 0 Å². The van der Waals surface area contributed by atoms with Crippen LogP contribution >= 0.6 is 0 Å². The summed E-state index contributed by atoms with van der Waals surface area (Å²) in [5.41, 5.74) is 0.892. The zero-order valence-corrected chi connectivity index (χ0v) is 11.1. The third kappa shape index (κ3) is 3.90. The van der Waals surface area contributed by atoms with Crippen LogP contribution in [0.3, 0.4) is 0 Å². The van der Waals surface area contributed by atoms with Crippen molar-refractivity contribution < 1.29 is 14.7 Å². The number of carboxylic acid groups (broad SMARTS) is 1. The number of benzene rings is 1. The van der Waals surface area contributed by atoms with Gasteiger partial charge < -0.3 is 10.4 Å². The van der Waals surface area contributed by atoms with Crippen molar-refractivity contribution in [3.05, 3.63) is 53.6 Å². The summed E-state index contributed by atoms with van der Waals surface area (Å²) in [6, 6.07) is 9.00. The summed E-state index contributed by atoms with van der Waals surface area (Å²) < 4.78 is 0. The fraction of sp³-hybridized carbons (Fsp3) is 0.250. The maximum absolute atomic E-state index is 11.9. The van der Waals surface area contributed by atoms with E-state index in [2.05, 4.69) is 5.32 Å². The predicted molar refractivity (Wildman–Crippen MR) is 77.2 cm³/mol. The van der Waals surface area contributed by atoms with Crippen LogP contribution in [0.25, 0.3) is 6.08 Å². The zero-order chi connectivity index (χ0) is 14.4. The number of aliphatic carboxylic acids is 1. The van der Waals surface area contributed by atoms with Gasteiger partial charge in [-0.15, -0.1) is 0 Å². The highest BCUT2D eigenvalue weighted by Gasteiger charge is 2.19. The highest BCUT2D eigenvalue weighted by Crippen LogP contribution is 2.10. The molecular formula is C16H17NO3. The van der Waals surface area contributed by atoms with Crippen molar-refractivity contribution in [1.82, 2.24) is 5.32 Å². The standard InChI is InChI=1S/C16H17NO3/c18-15(14-7-4-10-17-14)9-8-13(16(19)20)11-12-5-2-1-3-6-12/h1-3,5-6,8-9,11,14,17H,4,7,10H2,(H,19,20)/t14-/m0/s1. The Balaban J connectivity index is 2.11. The number of carboxylic acids is 1. The van der Waals surface area contributed by atoms with Crippen LogP contribution in [0.1, 0.15) is 18.4 Å². The van der Waals surface area contributed by atoms with Crippen LogP contribution in [-0.4, -0.2) is 29.4 Å². The molecule has 1 aliphatic rings. The quantitative estimate of drug-likeness (QED) is 0.635. The van der Waals surface area contributed by atoms with Gasteiger partial charge in [0.1, 0.15) is 0 Å². The second-order valence-electron chi connectivity index (χ2n) is 4.70. The maximum Gasteiger partial charge on any atom is 0.335 e. The van der Waals surface area contributed by atoms with Crippen LogP contribution in [0.5, 0.6) is 0 Å². The molecule has 1 atom stereocenters. The van der Waals surface area contributed by atoms with Crippen LogP contribution in [0.15, 0.2) is 48.1 Å². The first kappa shape index (κ1) is 14.2. The van der Waals surface area contributed by atoms with Gasteiger partial charge in [0.2, 0.25) is 0 Å². The normalized spacial score (nSPS) is 19.4. The first-order chi connectivity index (χ1) is 9.66. The number of rotatable bonds is 5. The summed E-state index contributed by atoms with van der Waals surface area (Å²) in [6.07, 6.45) is 6.07. The van der Waals surface area contributed by atoms with Crippen molar-refractivity contribution in [3.8, 4) is 0 Å². The van der Waals surface area contributed by atoms with E-state index in [9.17, 15) is 9.59 Å². The van der Waals surface area contributed by atoms with E-state index in [0.29, 0.717) is 0 Å². The lowest BCUT2D eigenvalue weighted by molar-refractivity contribution is -0.132. The molecule has 1 heterocycles. The fourth-order valence-corrected chi connectivity index (χ4v) is 2.13. The third-order valence-corrected chi connectivity index (χ3v) is 3.20. The molecule has 0 radical (unpaired) electrons. The smallest absolute Gasteiger partial charge is 0.335 e. The van der Waals surface area contributed by atoms with E-state index in [-0.39, 0.29) is 17.4 Å². The van der Waals surface area contributed by atoms with Gasteiger partial charge in [-0.05, 0) is 43.2 Å². The molecule has 0 saturated carbocycles. The lowest BCUT2D eigenvalue weighted by Gasteiger charge is -2.04. The molecule has 0 bridgehead atoms. The summed E-state index contributed by atoms with van der Waals surface area (Å²) in [5.74, 6) is -1.11.